The van der Waals surface area contributed by atoms with E-state index in [4.69, 9.17) is 16.7 Å². The molecule has 19 heavy (non-hydrogen) atoms. The molecule has 1 aromatic carbocycles. The maximum absolute atomic E-state index is 12.2. The molecular formula is C11H13BrClNO4S. The van der Waals surface area contributed by atoms with Gasteiger partial charge in [-0.25, -0.2) is 8.42 Å². The topological polar surface area (TPSA) is 83.5 Å². The van der Waals surface area contributed by atoms with Crippen molar-refractivity contribution in [3.8, 4) is 0 Å². The van der Waals surface area contributed by atoms with Crippen molar-refractivity contribution in [1.82, 2.24) is 4.72 Å². The summed E-state index contributed by atoms with van der Waals surface area (Å²) in [7, 11) is -4.01. The number of sulfonamides is 1. The van der Waals surface area contributed by atoms with Gasteiger partial charge in [-0.15, -0.1) is 0 Å². The van der Waals surface area contributed by atoms with Gasteiger partial charge in [0.25, 0.3) is 0 Å². The number of rotatable bonds is 5. The summed E-state index contributed by atoms with van der Waals surface area (Å²) in [5, 5.41) is 9.11. The number of aliphatic carboxylic acids is 1. The molecule has 0 fully saturated rings. The van der Waals surface area contributed by atoms with Gasteiger partial charge in [-0.1, -0.05) is 34.5 Å². The summed E-state index contributed by atoms with van der Waals surface area (Å²) in [6.07, 6.45) is 0.107. The van der Waals surface area contributed by atoms with Gasteiger partial charge in [0, 0.05) is 4.47 Å². The average Bonchev–Trinajstić information content (AvgIpc) is 2.27. The zero-order valence-electron chi connectivity index (χ0n) is 10.3. The second-order valence-corrected chi connectivity index (χ2v) is 7.14. The minimum atomic E-state index is -4.01. The van der Waals surface area contributed by atoms with Crippen molar-refractivity contribution in [2.75, 3.05) is 0 Å². The van der Waals surface area contributed by atoms with Crippen LogP contribution in [0.2, 0.25) is 5.02 Å². The van der Waals surface area contributed by atoms with E-state index in [1.807, 2.05) is 0 Å². The number of carboxylic acids is 1. The van der Waals surface area contributed by atoms with E-state index in [1.54, 1.807) is 6.92 Å². The third-order valence-corrected chi connectivity index (χ3v) is 5.29. The summed E-state index contributed by atoms with van der Waals surface area (Å²) < 4.78 is 27.1. The second-order valence-electron chi connectivity index (χ2n) is 4.17. The lowest BCUT2D eigenvalue weighted by atomic mass is 10.0. The molecule has 0 aliphatic carbocycles. The van der Waals surface area contributed by atoms with Gasteiger partial charge in [0.05, 0.1) is 5.02 Å². The van der Waals surface area contributed by atoms with Gasteiger partial charge in [-0.05, 0) is 31.5 Å². The van der Waals surface area contributed by atoms with Crippen LogP contribution in [0.25, 0.3) is 0 Å². The molecule has 0 heterocycles. The molecule has 0 aliphatic heterocycles. The smallest absolute Gasteiger partial charge is 0.324 e. The zero-order chi connectivity index (χ0) is 14.8. The lowest BCUT2D eigenvalue weighted by Gasteiger charge is -2.24. The van der Waals surface area contributed by atoms with E-state index >= 15 is 0 Å². The Hall–Kier alpha value is -0.630. The number of benzene rings is 1. The average molecular weight is 371 g/mol. The van der Waals surface area contributed by atoms with Crippen molar-refractivity contribution in [3.63, 3.8) is 0 Å². The van der Waals surface area contributed by atoms with E-state index in [9.17, 15) is 13.2 Å². The minimum absolute atomic E-state index is 0.0192. The van der Waals surface area contributed by atoms with Crippen LogP contribution in [0.1, 0.15) is 20.3 Å². The number of halogens is 2. The third-order valence-electron chi connectivity index (χ3n) is 2.72. The molecule has 106 valence electrons. The minimum Gasteiger partial charge on any atom is -0.480 e. The molecule has 8 heteroatoms. The van der Waals surface area contributed by atoms with E-state index in [0.29, 0.717) is 4.47 Å². The first-order chi connectivity index (χ1) is 8.62. The molecule has 5 nitrogen and oxygen atoms in total. The number of hydrogen-bond donors (Lipinski definition) is 2. The van der Waals surface area contributed by atoms with E-state index in [0.717, 1.165) is 0 Å². The van der Waals surface area contributed by atoms with Crippen molar-refractivity contribution < 1.29 is 18.3 Å². The summed E-state index contributed by atoms with van der Waals surface area (Å²) in [4.78, 5) is 11.0. The summed E-state index contributed by atoms with van der Waals surface area (Å²) in [5.41, 5.74) is -1.57. The number of carboxylic acid groups (broad SMARTS) is 1. The molecule has 0 aromatic heterocycles. The maximum Gasteiger partial charge on any atom is 0.324 e. The lowest BCUT2D eigenvalue weighted by molar-refractivity contribution is -0.143. The van der Waals surface area contributed by atoms with E-state index in [2.05, 4.69) is 20.7 Å². The molecule has 2 N–H and O–H groups in total. The van der Waals surface area contributed by atoms with Crippen LogP contribution in [0.15, 0.2) is 27.6 Å². The molecular weight excluding hydrogens is 358 g/mol. The fourth-order valence-electron chi connectivity index (χ4n) is 1.31. The Bertz CT molecular complexity index is 605. The van der Waals surface area contributed by atoms with Crippen LogP contribution in [0.5, 0.6) is 0 Å². The van der Waals surface area contributed by atoms with Crippen LogP contribution in [0, 0.1) is 0 Å². The molecule has 0 aliphatic rings. The highest BCUT2D eigenvalue weighted by Crippen LogP contribution is 2.26. The van der Waals surface area contributed by atoms with Crippen LogP contribution in [0.3, 0.4) is 0 Å². The van der Waals surface area contributed by atoms with Crippen molar-refractivity contribution in [2.45, 2.75) is 30.7 Å². The van der Waals surface area contributed by atoms with Crippen LogP contribution < -0.4 is 4.72 Å². The van der Waals surface area contributed by atoms with Crippen molar-refractivity contribution in [3.05, 3.63) is 27.7 Å². The Morgan fingerprint density at radius 3 is 2.53 bits per heavy atom. The maximum atomic E-state index is 12.2. The summed E-state index contributed by atoms with van der Waals surface area (Å²) in [6, 6.07) is 4.26. The van der Waals surface area contributed by atoms with Gasteiger partial charge >= 0.3 is 5.97 Å². The highest BCUT2D eigenvalue weighted by Gasteiger charge is 2.36. The van der Waals surface area contributed by atoms with E-state index in [1.165, 1.54) is 25.1 Å². The molecule has 1 rings (SSSR count). The normalized spacial score (nSPS) is 14.9. The Morgan fingerprint density at radius 2 is 2.11 bits per heavy atom. The molecule has 0 saturated heterocycles. The zero-order valence-corrected chi connectivity index (χ0v) is 13.4. The SMILES string of the molecule is CCC(C)(NS(=O)(=O)c1ccc(Br)cc1Cl)C(=O)O. The highest BCUT2D eigenvalue weighted by molar-refractivity contribution is 9.10. The second kappa shape index (κ2) is 5.78. The van der Waals surface area contributed by atoms with Crippen LogP contribution in [-0.2, 0) is 14.8 Å². The largest absolute Gasteiger partial charge is 0.480 e. The molecule has 0 bridgehead atoms. The fraction of sp³-hybridized carbons (Fsp3) is 0.364. The fourth-order valence-corrected chi connectivity index (χ4v) is 3.79. The molecule has 1 aromatic rings. The van der Waals surface area contributed by atoms with Gasteiger partial charge in [0.2, 0.25) is 10.0 Å². The predicted octanol–water partition coefficient (Wildman–Crippen LogP) is 2.63. The quantitative estimate of drug-likeness (QED) is 0.834. The van der Waals surface area contributed by atoms with E-state index in [-0.39, 0.29) is 16.3 Å². The standard InChI is InChI=1S/C11H13BrClNO4S/c1-3-11(2,10(15)16)14-19(17,18)9-5-4-7(12)6-8(9)13/h4-6,14H,3H2,1-2H3,(H,15,16). The van der Waals surface area contributed by atoms with Crippen molar-refractivity contribution in [1.29, 1.82) is 0 Å². The van der Waals surface area contributed by atoms with Gasteiger partial charge in [0.1, 0.15) is 10.4 Å². The van der Waals surface area contributed by atoms with Crippen LogP contribution in [0.4, 0.5) is 0 Å². The molecule has 0 radical (unpaired) electrons. The van der Waals surface area contributed by atoms with Crippen molar-refractivity contribution >= 4 is 43.5 Å². The molecule has 0 saturated carbocycles. The lowest BCUT2D eigenvalue weighted by Crippen LogP contribution is -2.51. The van der Waals surface area contributed by atoms with Crippen LogP contribution >= 0.6 is 27.5 Å². The Balaban J connectivity index is 3.22. The number of hydrogen-bond acceptors (Lipinski definition) is 3. The molecule has 0 amide bonds. The van der Waals surface area contributed by atoms with Crippen molar-refractivity contribution in [2.24, 2.45) is 0 Å². The van der Waals surface area contributed by atoms with Gasteiger partial charge in [-0.3, -0.25) is 4.79 Å². The molecule has 0 spiro atoms. The number of nitrogens with one attached hydrogen (secondary N) is 1. The van der Waals surface area contributed by atoms with Gasteiger partial charge in [0.15, 0.2) is 0 Å². The number of carbonyl (C=O) groups is 1. The Morgan fingerprint density at radius 1 is 1.53 bits per heavy atom. The van der Waals surface area contributed by atoms with E-state index < -0.39 is 21.5 Å². The Labute approximate surface area is 125 Å². The van der Waals surface area contributed by atoms with Gasteiger partial charge in [-0.2, -0.15) is 4.72 Å². The first-order valence-corrected chi connectivity index (χ1v) is 8.00. The molecule has 1 unspecified atom stereocenters. The Kier molecular flexibility index (Phi) is 5.00. The molecule has 1 atom stereocenters. The van der Waals surface area contributed by atoms with Gasteiger partial charge < -0.3 is 5.11 Å². The summed E-state index contributed by atoms with van der Waals surface area (Å²) >= 11 is 9.04. The first kappa shape index (κ1) is 16.4. The summed E-state index contributed by atoms with van der Waals surface area (Å²) in [6.45, 7) is 2.89. The third kappa shape index (κ3) is 3.68. The summed E-state index contributed by atoms with van der Waals surface area (Å²) in [5.74, 6) is -1.24. The highest BCUT2D eigenvalue weighted by atomic mass is 79.9. The predicted molar refractivity (Wildman–Crippen MR) is 75.8 cm³/mol. The first-order valence-electron chi connectivity index (χ1n) is 5.35. The monoisotopic (exact) mass is 369 g/mol. The van der Waals surface area contributed by atoms with Crippen LogP contribution in [-0.4, -0.2) is 25.0 Å².